The molecule has 7 bridgehead atoms. The summed E-state index contributed by atoms with van der Waals surface area (Å²) in [5.74, 6) is -11.4. The minimum absolute atomic E-state index is 0.0115. The summed E-state index contributed by atoms with van der Waals surface area (Å²) in [7, 11) is 1.46. The highest BCUT2D eigenvalue weighted by atomic mass is 32.2. The fraction of sp³-hybridized carbons (Fsp3) is 0.561. The van der Waals surface area contributed by atoms with E-state index in [2.05, 4.69) is 20.3 Å². The summed E-state index contributed by atoms with van der Waals surface area (Å²) in [4.78, 5) is 126. The Hall–Kier alpha value is -7.35. The number of aryl methyl sites for hydroxylation is 1. The highest BCUT2D eigenvalue weighted by Gasteiger charge is 2.53. The first-order valence-electron chi connectivity index (χ1n) is 27.1. The smallest absolute Gasteiger partial charge is 0.330 e. The average Bonchev–Trinajstić information content (AvgIpc) is 1.84. The van der Waals surface area contributed by atoms with Crippen LogP contribution in [0, 0.1) is 37.5 Å². The number of ether oxygens (including phenoxy) is 9. The number of thioether (sulfide) groups is 1. The number of carbonyl (C=O) groups excluding carboxylic acids is 7. The molecule has 2 aromatic rings. The summed E-state index contributed by atoms with van der Waals surface area (Å²) >= 11 is 0.742. The van der Waals surface area contributed by atoms with Gasteiger partial charge in [0.25, 0.3) is 17.2 Å². The van der Waals surface area contributed by atoms with Gasteiger partial charge < -0.3 is 53.1 Å². The molecule has 2 fully saturated rings. The van der Waals surface area contributed by atoms with Gasteiger partial charge >= 0.3 is 29.4 Å². The summed E-state index contributed by atoms with van der Waals surface area (Å²) in [6.45, 7) is 17.6. The Morgan fingerprint density at radius 3 is 2.28 bits per heavy atom. The van der Waals surface area contributed by atoms with E-state index in [4.69, 9.17) is 48.2 Å². The predicted octanol–water partition coefficient (Wildman–Crippen LogP) is 6.57. The number of carbonyl (C=O) groups is 7. The third-order valence-corrected chi connectivity index (χ3v) is 16.3. The summed E-state index contributed by atoms with van der Waals surface area (Å²) in [6, 6.07) is -0.818. The fourth-order valence-electron chi connectivity index (χ4n) is 10.9. The van der Waals surface area contributed by atoms with Crippen LogP contribution in [0.25, 0.3) is 10.4 Å². The lowest BCUT2D eigenvalue weighted by molar-refractivity contribution is -0.336. The molecule has 448 valence electrons. The van der Waals surface area contributed by atoms with E-state index in [1.54, 1.807) is 19.9 Å². The molecule has 3 N–H and O–H groups in total. The van der Waals surface area contributed by atoms with Crippen molar-refractivity contribution in [2.45, 2.75) is 156 Å². The molecule has 6 heterocycles. The Labute approximate surface area is 482 Å². The number of nitrogens with one attached hydrogen (secondary N) is 2. The molecule has 0 unspecified atom stereocenters. The van der Waals surface area contributed by atoms with Crippen LogP contribution >= 0.6 is 11.8 Å². The second-order valence-corrected chi connectivity index (χ2v) is 22.9. The minimum atomic E-state index is -2.17. The van der Waals surface area contributed by atoms with Gasteiger partial charge in [-0.15, -0.1) is 11.8 Å². The molecule has 5 aliphatic heterocycles. The molecule has 1 aromatic heterocycles. The van der Waals surface area contributed by atoms with Crippen molar-refractivity contribution in [1.82, 2.24) is 14.9 Å². The number of phenols is 1. The topological polar surface area (TPSA) is 338 Å². The van der Waals surface area contributed by atoms with Crippen LogP contribution < -0.4 is 21.3 Å². The summed E-state index contributed by atoms with van der Waals surface area (Å²) in [5.41, 5.74) is 6.17. The van der Waals surface area contributed by atoms with Crippen LogP contribution in [0.15, 0.2) is 67.6 Å². The third kappa shape index (κ3) is 13.7. The van der Waals surface area contributed by atoms with Crippen LogP contribution in [-0.4, -0.2) is 130 Å². The molecule has 12 atom stereocenters. The van der Waals surface area contributed by atoms with Gasteiger partial charge in [-0.05, 0) is 52.6 Å². The maximum Gasteiger partial charge on any atom is 0.330 e. The fourth-order valence-corrected chi connectivity index (χ4v) is 11.8. The number of hydrogen-bond donors (Lipinski definition) is 3. The van der Waals surface area contributed by atoms with Crippen LogP contribution in [0.4, 0.5) is 0 Å². The number of benzene rings is 1. The first kappa shape index (κ1) is 63.2. The number of azide groups is 1. The van der Waals surface area contributed by atoms with E-state index in [1.807, 2.05) is 33.8 Å². The van der Waals surface area contributed by atoms with Gasteiger partial charge in [-0.1, -0.05) is 51.0 Å². The van der Waals surface area contributed by atoms with Gasteiger partial charge in [0.1, 0.15) is 48.8 Å². The molecule has 0 spiro atoms. The number of nitrogens with zero attached hydrogens (tertiary/aromatic N) is 4. The van der Waals surface area contributed by atoms with Crippen molar-refractivity contribution in [1.29, 1.82) is 0 Å². The molecule has 0 saturated carbocycles. The first-order valence-corrected chi connectivity index (χ1v) is 28.1. The number of amides is 1. The number of aromatic nitrogens is 2. The standard InChI is InChI=1S/C57H70N6O19S/c1-26-15-13-16-27(2)53(71)59-43-45(68)41-40(46(69)51(43)83-22-21-75-38(65)17-14-18-39(66)76-25-36-34(61-62-58)23-37(79-36)63-24-28(3)54(72)60-55(63)73)42-50(30(5)44(41)67)82-57(11,52(42)70)77-20-19-35(74-12)29(4)48(78-33(8)64)32(7)49-31(6)47(26)80-56(9,10)81-49/h13,15-16,19-20,24,26,29,31-32,34-37,47-49,67H,14,17-18,21-23,25H2,1-12H3,(H,59,71)(H,60,72,73)/b15-13-,20-19?,27-16-/t26-,29+,31+,32-,34-,35-,36+,37+,47-,48+,49+,57-/m0/s1. The number of rotatable bonds is 14. The molecular formula is C57H70N6O19S. The Morgan fingerprint density at radius 1 is 0.916 bits per heavy atom. The van der Waals surface area contributed by atoms with Crippen molar-refractivity contribution in [3.8, 4) is 11.5 Å². The number of H-pyrrole nitrogens is 1. The maximum atomic E-state index is 14.9. The molecule has 8 rings (SSSR count). The molecule has 83 heavy (non-hydrogen) atoms. The summed E-state index contributed by atoms with van der Waals surface area (Å²) < 4.78 is 54.9. The molecule has 0 radical (unpaired) electrons. The van der Waals surface area contributed by atoms with Crippen LogP contribution in [0.3, 0.4) is 0 Å². The van der Waals surface area contributed by atoms with Gasteiger partial charge in [-0.25, -0.2) is 4.79 Å². The lowest BCUT2D eigenvalue weighted by Gasteiger charge is -2.50. The lowest BCUT2D eigenvalue weighted by Crippen LogP contribution is -2.56. The Balaban J connectivity index is 1.10. The molecule has 1 aliphatic carbocycles. The van der Waals surface area contributed by atoms with Crippen LogP contribution in [0.1, 0.15) is 136 Å². The first-order chi connectivity index (χ1) is 39.1. The van der Waals surface area contributed by atoms with Crippen LogP contribution in [0.2, 0.25) is 0 Å². The maximum absolute atomic E-state index is 14.9. The second kappa shape index (κ2) is 26.1. The van der Waals surface area contributed by atoms with Crippen LogP contribution in [-0.2, 0) is 57.1 Å². The molecule has 26 heteroatoms. The zero-order chi connectivity index (χ0) is 61.0. The van der Waals surface area contributed by atoms with Gasteiger partial charge in [0.2, 0.25) is 11.6 Å². The largest absolute Gasteiger partial charge is 0.507 e. The van der Waals surface area contributed by atoms with E-state index in [-0.39, 0.29) is 89.4 Å². The Kier molecular flexibility index (Phi) is 19.9. The number of methoxy groups -OCH3 is 1. The van der Waals surface area contributed by atoms with E-state index >= 15 is 0 Å². The summed E-state index contributed by atoms with van der Waals surface area (Å²) in [5, 5.41) is 18.0. The average molecular weight is 1180 g/mol. The molecule has 1 aromatic carbocycles. The number of phenolic OH excluding ortho intramolecular Hbond substituents is 1. The number of allylic oxidation sites excluding steroid dienone is 4. The van der Waals surface area contributed by atoms with Crippen molar-refractivity contribution in [2.75, 3.05) is 26.1 Å². The quantitative estimate of drug-likeness (QED) is 0.0449. The van der Waals surface area contributed by atoms with E-state index < -0.39 is 141 Å². The molecule has 2 saturated heterocycles. The highest BCUT2D eigenvalue weighted by molar-refractivity contribution is 8.04. The van der Waals surface area contributed by atoms with Gasteiger partial charge in [-0.3, -0.25) is 47.9 Å². The number of aromatic hydroxyl groups is 1. The third-order valence-electron chi connectivity index (χ3n) is 15.3. The van der Waals surface area contributed by atoms with Crippen molar-refractivity contribution in [3.05, 3.63) is 112 Å². The van der Waals surface area contributed by atoms with Crippen molar-refractivity contribution < 1.29 is 81.3 Å². The molecule has 25 nitrogen and oxygen atoms in total. The van der Waals surface area contributed by atoms with E-state index in [1.165, 1.54) is 66.3 Å². The van der Waals surface area contributed by atoms with E-state index in [0.717, 1.165) is 16.3 Å². The number of hydrogen-bond acceptors (Lipinski definition) is 21. The van der Waals surface area contributed by atoms with Crippen molar-refractivity contribution in [3.63, 3.8) is 0 Å². The zero-order valence-electron chi connectivity index (χ0n) is 48.3. The monoisotopic (exact) mass is 1170 g/mol. The lowest BCUT2D eigenvalue weighted by atomic mass is 9.77. The zero-order valence-corrected chi connectivity index (χ0v) is 49.1. The van der Waals surface area contributed by atoms with Crippen molar-refractivity contribution in [2.24, 2.45) is 28.8 Å². The Morgan fingerprint density at radius 2 is 1.60 bits per heavy atom. The van der Waals surface area contributed by atoms with E-state index in [0.29, 0.717) is 0 Å². The van der Waals surface area contributed by atoms with Crippen LogP contribution in [0.5, 0.6) is 11.5 Å². The number of fused-ring (bicyclic) bond motifs is 10. The van der Waals surface area contributed by atoms with Gasteiger partial charge in [0, 0.05) is 97.5 Å². The van der Waals surface area contributed by atoms with E-state index in [9.17, 15) is 48.3 Å². The Bertz CT molecular complexity index is 3250. The number of aromatic amines is 1. The number of Topliss-reactive ketones (excluding diaryl/α,β-unsaturated/α-hetero) is 3. The SMILES string of the molecule is CO[C@H]1C=CO[C@@]2(C)Oc3c(C)c(O)c4c(c3C2=O)C(=O)C(SCCOC(=O)CCCC(=O)OC[C@H]2O[C@@H](n3cc(C)c(=O)[nH]c3=O)C[C@@H]2N=[N+]=[N-])=C(NC(=O)/C(C)=C\C=C/[C@H](C)[C@@H]2OC(C)(C)O[C@@H]([C@@H](C)[C@H](OC(C)=O)[C@@H]1C)[C@@H]2C)C4=O. The number of esters is 3. The number of ketones is 3. The summed E-state index contributed by atoms with van der Waals surface area (Å²) in [6.07, 6.45) is 4.25. The predicted molar refractivity (Wildman–Crippen MR) is 296 cm³/mol. The minimum Gasteiger partial charge on any atom is -0.507 e. The molecule has 1 amide bonds. The highest BCUT2D eigenvalue weighted by Crippen LogP contribution is 2.50. The van der Waals surface area contributed by atoms with Gasteiger partial charge in [0.05, 0.1) is 52.2 Å². The van der Waals surface area contributed by atoms with Gasteiger partial charge in [-0.2, -0.15) is 0 Å². The normalized spacial score (nSPS) is 29.8. The second-order valence-electron chi connectivity index (χ2n) is 21.8. The molecule has 6 aliphatic rings. The molecular weight excluding hydrogens is 1100 g/mol. The van der Waals surface area contributed by atoms with Crippen molar-refractivity contribution >= 4 is 52.9 Å². The van der Waals surface area contributed by atoms with Gasteiger partial charge in [0.15, 0.2) is 5.79 Å².